The van der Waals surface area contributed by atoms with Gasteiger partial charge in [-0.05, 0) is 0 Å². The second-order valence-corrected chi connectivity index (χ2v) is 1.75. The van der Waals surface area contributed by atoms with E-state index in [4.69, 9.17) is 5.84 Å². The molecule has 0 aromatic carbocycles. The van der Waals surface area contributed by atoms with Gasteiger partial charge in [-0.1, -0.05) is 0 Å². The van der Waals surface area contributed by atoms with Crippen LogP contribution in [0.25, 0.3) is 0 Å². The van der Waals surface area contributed by atoms with E-state index in [0.29, 0.717) is 13.1 Å². The molecule has 0 unspecified atom stereocenters. The number of rotatable bonds is 0. The molecule has 3 N–H and O–H groups in total. The fraction of sp³-hybridized carbons (Fsp3) is 0.500. The summed E-state index contributed by atoms with van der Waals surface area (Å²) in [5.41, 5.74) is 0. The van der Waals surface area contributed by atoms with Gasteiger partial charge in [0.05, 0.1) is 6.54 Å². The molecule has 2 amide bonds. The van der Waals surface area contributed by atoms with Crippen LogP contribution >= 0.6 is 0 Å². The summed E-state index contributed by atoms with van der Waals surface area (Å²) in [5.74, 6) is 3.80. The minimum absolute atomic E-state index is 0.393. The van der Waals surface area contributed by atoms with Crippen molar-refractivity contribution in [1.29, 1.82) is 0 Å². The first kappa shape index (κ1) is 6.03. The van der Waals surface area contributed by atoms with E-state index in [9.17, 15) is 9.59 Å². The normalized spacial score (nSPS) is 19.9. The molecule has 0 spiro atoms. The Morgan fingerprint density at radius 2 is 2.22 bits per heavy atom. The summed E-state index contributed by atoms with van der Waals surface area (Å²) in [5, 5.41) is 3.25. The van der Waals surface area contributed by atoms with Gasteiger partial charge in [-0.3, -0.25) is 14.6 Å². The van der Waals surface area contributed by atoms with E-state index >= 15 is 0 Å². The zero-order valence-electron chi connectivity index (χ0n) is 4.76. The van der Waals surface area contributed by atoms with Crippen molar-refractivity contribution in [3.63, 3.8) is 0 Å². The van der Waals surface area contributed by atoms with E-state index in [0.717, 1.165) is 5.01 Å². The van der Waals surface area contributed by atoms with Gasteiger partial charge in [0.2, 0.25) is 0 Å². The van der Waals surface area contributed by atoms with E-state index < -0.39 is 11.8 Å². The van der Waals surface area contributed by atoms with Crippen LogP contribution in [-0.2, 0) is 9.59 Å². The summed E-state index contributed by atoms with van der Waals surface area (Å²) < 4.78 is 0. The van der Waals surface area contributed by atoms with Crippen LogP contribution in [0, 0.1) is 0 Å². The molecule has 0 aromatic rings. The van der Waals surface area contributed by atoms with Gasteiger partial charge in [0.1, 0.15) is 0 Å². The number of nitrogens with one attached hydrogen (secondary N) is 1. The quantitative estimate of drug-likeness (QED) is 0.222. The number of nitrogens with zero attached hydrogens (tertiary/aromatic N) is 1. The molecule has 0 aliphatic carbocycles. The molecule has 9 heavy (non-hydrogen) atoms. The Morgan fingerprint density at radius 1 is 1.56 bits per heavy atom. The Balaban J connectivity index is 2.62. The second-order valence-electron chi connectivity index (χ2n) is 1.75. The second kappa shape index (κ2) is 2.02. The number of carbonyl (C=O) groups is 2. The van der Waals surface area contributed by atoms with E-state index in [1.807, 2.05) is 0 Å². The third-order valence-corrected chi connectivity index (χ3v) is 1.09. The summed E-state index contributed by atoms with van der Waals surface area (Å²) in [7, 11) is 0. The molecule has 5 nitrogen and oxygen atoms in total. The maximum atomic E-state index is 10.5. The van der Waals surface area contributed by atoms with Crippen LogP contribution in [-0.4, -0.2) is 29.9 Å². The first-order chi connectivity index (χ1) is 4.22. The van der Waals surface area contributed by atoms with Gasteiger partial charge in [-0.15, -0.1) is 0 Å². The Hall–Kier alpha value is -1.10. The van der Waals surface area contributed by atoms with Crippen molar-refractivity contribution in [2.75, 3.05) is 13.1 Å². The molecule has 0 atom stereocenters. The molecule has 0 radical (unpaired) electrons. The van der Waals surface area contributed by atoms with E-state index in [1.54, 1.807) is 0 Å². The molecule has 1 aliphatic heterocycles. The number of carbonyl (C=O) groups excluding carboxylic acids is 2. The molecular weight excluding hydrogens is 122 g/mol. The lowest BCUT2D eigenvalue weighted by molar-refractivity contribution is -0.148. The monoisotopic (exact) mass is 129 g/mol. The Bertz CT molecular complexity index is 156. The Morgan fingerprint density at radius 3 is 2.67 bits per heavy atom. The third kappa shape index (κ3) is 0.996. The minimum Gasteiger partial charge on any atom is -0.346 e. The maximum Gasteiger partial charge on any atom is 0.325 e. The highest BCUT2D eigenvalue weighted by Crippen LogP contribution is 1.85. The lowest BCUT2D eigenvalue weighted by Gasteiger charge is -2.20. The van der Waals surface area contributed by atoms with E-state index in [-0.39, 0.29) is 0 Å². The standard InChI is InChI=1S/C4H7N3O2/c5-7-2-1-6-3(8)4(7)9/h1-2,5H2,(H,6,8). The summed E-state index contributed by atoms with van der Waals surface area (Å²) >= 11 is 0. The Kier molecular flexibility index (Phi) is 1.35. The van der Waals surface area contributed by atoms with Crippen molar-refractivity contribution in [2.24, 2.45) is 5.84 Å². The van der Waals surface area contributed by atoms with E-state index in [1.165, 1.54) is 0 Å². The molecule has 0 bridgehead atoms. The highest BCUT2D eigenvalue weighted by molar-refractivity contribution is 6.35. The number of hydrogen-bond acceptors (Lipinski definition) is 3. The molecule has 0 saturated carbocycles. The maximum absolute atomic E-state index is 10.5. The molecule has 1 fully saturated rings. The van der Waals surface area contributed by atoms with Gasteiger partial charge < -0.3 is 5.32 Å². The molecule has 50 valence electrons. The number of piperazine rings is 1. The first-order valence-electron chi connectivity index (χ1n) is 2.56. The fourth-order valence-corrected chi connectivity index (χ4v) is 0.597. The summed E-state index contributed by atoms with van der Waals surface area (Å²) in [6.45, 7) is 0.839. The predicted molar refractivity (Wildman–Crippen MR) is 28.9 cm³/mol. The molecule has 0 aromatic heterocycles. The molecular formula is C4H7N3O2. The first-order valence-corrected chi connectivity index (χ1v) is 2.56. The Labute approximate surface area is 51.8 Å². The molecule has 1 rings (SSSR count). The van der Waals surface area contributed by atoms with Crippen molar-refractivity contribution < 1.29 is 9.59 Å². The topological polar surface area (TPSA) is 75.4 Å². The van der Waals surface area contributed by atoms with Crippen molar-refractivity contribution in [2.45, 2.75) is 0 Å². The summed E-state index contributed by atoms with van der Waals surface area (Å²) in [6, 6.07) is 0. The van der Waals surface area contributed by atoms with Crippen LogP contribution in [0.3, 0.4) is 0 Å². The van der Waals surface area contributed by atoms with Crippen LogP contribution in [0.2, 0.25) is 0 Å². The number of hydrazine groups is 1. The van der Waals surface area contributed by atoms with Crippen molar-refractivity contribution in [1.82, 2.24) is 10.3 Å². The molecule has 5 heteroatoms. The van der Waals surface area contributed by atoms with Crippen LogP contribution in [0.5, 0.6) is 0 Å². The molecule has 1 aliphatic rings. The van der Waals surface area contributed by atoms with Gasteiger partial charge in [-0.2, -0.15) is 0 Å². The van der Waals surface area contributed by atoms with Gasteiger partial charge in [0, 0.05) is 6.54 Å². The largest absolute Gasteiger partial charge is 0.346 e. The predicted octanol–water partition coefficient (Wildman–Crippen LogP) is -2.18. The van der Waals surface area contributed by atoms with Crippen molar-refractivity contribution in [3.05, 3.63) is 0 Å². The summed E-state index contributed by atoms with van der Waals surface area (Å²) in [6.07, 6.45) is 0. The molecule has 1 saturated heterocycles. The van der Waals surface area contributed by atoms with Crippen molar-refractivity contribution in [3.8, 4) is 0 Å². The number of hydrogen-bond donors (Lipinski definition) is 2. The minimum atomic E-state index is -0.666. The molecule has 1 heterocycles. The summed E-state index contributed by atoms with van der Waals surface area (Å²) in [4.78, 5) is 20.9. The number of nitrogens with two attached hydrogens (primary N) is 1. The lowest BCUT2D eigenvalue weighted by atomic mass is 10.4. The smallest absolute Gasteiger partial charge is 0.325 e. The van der Waals surface area contributed by atoms with Crippen LogP contribution < -0.4 is 11.2 Å². The van der Waals surface area contributed by atoms with E-state index in [2.05, 4.69) is 5.32 Å². The van der Waals surface area contributed by atoms with Gasteiger partial charge in [-0.25, -0.2) is 5.84 Å². The fourth-order valence-electron chi connectivity index (χ4n) is 0.597. The average Bonchev–Trinajstić information content (AvgIpc) is 1.83. The van der Waals surface area contributed by atoms with Crippen LogP contribution in [0.1, 0.15) is 0 Å². The third-order valence-electron chi connectivity index (χ3n) is 1.09. The average molecular weight is 129 g/mol. The SMILES string of the molecule is NN1CCNC(=O)C1=O. The van der Waals surface area contributed by atoms with Gasteiger partial charge in [0.15, 0.2) is 0 Å². The number of amides is 2. The zero-order chi connectivity index (χ0) is 6.85. The van der Waals surface area contributed by atoms with Crippen LogP contribution in [0.4, 0.5) is 0 Å². The lowest BCUT2D eigenvalue weighted by Crippen LogP contribution is -2.55. The van der Waals surface area contributed by atoms with Crippen LogP contribution in [0.15, 0.2) is 0 Å². The van der Waals surface area contributed by atoms with Crippen molar-refractivity contribution >= 4 is 11.8 Å². The highest BCUT2D eigenvalue weighted by Gasteiger charge is 2.22. The zero-order valence-corrected chi connectivity index (χ0v) is 4.76. The highest BCUT2D eigenvalue weighted by atomic mass is 16.2. The van der Waals surface area contributed by atoms with Gasteiger partial charge >= 0.3 is 11.8 Å². The van der Waals surface area contributed by atoms with Gasteiger partial charge in [0.25, 0.3) is 0 Å².